The van der Waals surface area contributed by atoms with E-state index in [0.29, 0.717) is 5.84 Å². The molecule has 0 bridgehead atoms. The summed E-state index contributed by atoms with van der Waals surface area (Å²) >= 11 is 0. The molecule has 4 heteroatoms. The van der Waals surface area contributed by atoms with Crippen LogP contribution >= 0.6 is 0 Å². The molecule has 0 spiro atoms. The van der Waals surface area contributed by atoms with Gasteiger partial charge in [0, 0.05) is 6.54 Å². The number of amidine groups is 1. The molecule has 0 saturated heterocycles. The fourth-order valence-corrected chi connectivity index (χ4v) is 0.918. The molecule has 0 aromatic carbocycles. The minimum Gasteiger partial charge on any atom is -0.465 e. The third-order valence-electron chi connectivity index (χ3n) is 1.48. The molecule has 4 nitrogen and oxygen atoms in total. The Hall–Kier alpha value is -2.02. The monoisotopic (exact) mass is 189 g/mol. The molecule has 0 aliphatic heterocycles. The summed E-state index contributed by atoms with van der Waals surface area (Å²) < 4.78 is 5.09. The number of nitrogens with zero attached hydrogens (tertiary/aromatic N) is 2. The Kier molecular flexibility index (Phi) is 4.02. The van der Waals surface area contributed by atoms with Gasteiger partial charge in [-0.2, -0.15) is 10.3 Å². The first-order chi connectivity index (χ1) is 6.86. The van der Waals surface area contributed by atoms with Crippen LogP contribution < -0.4 is 5.32 Å². The molecule has 1 rings (SSSR count). The van der Waals surface area contributed by atoms with Gasteiger partial charge in [-0.25, -0.2) is 0 Å². The van der Waals surface area contributed by atoms with E-state index in [1.54, 1.807) is 30.7 Å². The highest BCUT2D eigenvalue weighted by atomic mass is 16.3. The first-order valence-corrected chi connectivity index (χ1v) is 4.29. The first-order valence-electron chi connectivity index (χ1n) is 4.29. The minimum absolute atomic E-state index is 0.534. The first kappa shape index (κ1) is 10.1. The number of furan rings is 1. The van der Waals surface area contributed by atoms with Crippen molar-refractivity contribution in [2.24, 2.45) is 4.99 Å². The second-order valence-electron chi connectivity index (χ2n) is 2.48. The van der Waals surface area contributed by atoms with Crippen LogP contribution in [-0.2, 0) is 0 Å². The molecule has 0 fully saturated rings. The predicted octanol–water partition coefficient (Wildman–Crippen LogP) is 1.78. The van der Waals surface area contributed by atoms with Gasteiger partial charge in [0.25, 0.3) is 0 Å². The number of nitrogens with one attached hydrogen (secondary N) is 1. The third-order valence-corrected chi connectivity index (χ3v) is 1.48. The van der Waals surface area contributed by atoms with Crippen molar-refractivity contribution in [1.29, 1.82) is 5.26 Å². The largest absolute Gasteiger partial charge is 0.465 e. The summed E-state index contributed by atoms with van der Waals surface area (Å²) in [6.45, 7) is 2.66. The van der Waals surface area contributed by atoms with E-state index in [4.69, 9.17) is 9.68 Å². The summed E-state index contributed by atoms with van der Waals surface area (Å²) in [7, 11) is 0. The normalized spacial score (nSPS) is 11.6. The Balaban J connectivity index is 2.65. The van der Waals surface area contributed by atoms with Crippen LogP contribution in [-0.4, -0.2) is 12.4 Å². The molecule has 0 aliphatic rings. The lowest BCUT2D eigenvalue weighted by molar-refractivity contribution is 0.557. The molecule has 0 radical (unpaired) electrons. The molecule has 0 atom stereocenters. The molecule has 0 saturated carbocycles. The van der Waals surface area contributed by atoms with Crippen LogP contribution in [0.15, 0.2) is 33.9 Å². The second-order valence-corrected chi connectivity index (χ2v) is 2.48. The number of aliphatic imine (C=N–C) groups is 1. The zero-order valence-electron chi connectivity index (χ0n) is 7.90. The maximum Gasteiger partial charge on any atom is 0.207 e. The molecule has 1 N–H and O–H groups in total. The third kappa shape index (κ3) is 3.15. The molecule has 1 aromatic heterocycles. The van der Waals surface area contributed by atoms with E-state index in [2.05, 4.69) is 10.3 Å². The minimum atomic E-state index is 0.534. The SMILES string of the molecule is CCNC(/C=C/c1ccco1)=N/C#N. The lowest BCUT2D eigenvalue weighted by Crippen LogP contribution is -2.20. The number of rotatable bonds is 3. The van der Waals surface area contributed by atoms with E-state index in [1.807, 2.05) is 13.0 Å². The highest BCUT2D eigenvalue weighted by molar-refractivity contribution is 5.96. The van der Waals surface area contributed by atoms with Crippen molar-refractivity contribution in [2.45, 2.75) is 6.92 Å². The molecule has 14 heavy (non-hydrogen) atoms. The highest BCUT2D eigenvalue weighted by Crippen LogP contribution is 2.01. The van der Waals surface area contributed by atoms with Gasteiger partial charge in [0.05, 0.1) is 6.26 Å². The van der Waals surface area contributed by atoms with Gasteiger partial charge in [0.1, 0.15) is 11.6 Å². The van der Waals surface area contributed by atoms with Gasteiger partial charge in [-0.15, -0.1) is 0 Å². The van der Waals surface area contributed by atoms with Gasteiger partial charge in [0.15, 0.2) is 0 Å². The molecular formula is C10H11N3O. The van der Waals surface area contributed by atoms with Crippen molar-refractivity contribution in [1.82, 2.24) is 5.32 Å². The van der Waals surface area contributed by atoms with E-state index in [9.17, 15) is 0 Å². The zero-order valence-corrected chi connectivity index (χ0v) is 7.90. The molecule has 72 valence electrons. The van der Waals surface area contributed by atoms with Crippen LogP contribution in [0.4, 0.5) is 0 Å². The zero-order chi connectivity index (χ0) is 10.2. The lowest BCUT2D eigenvalue weighted by atomic mass is 10.4. The van der Waals surface area contributed by atoms with Crippen LogP contribution in [0.5, 0.6) is 0 Å². The van der Waals surface area contributed by atoms with Crippen LogP contribution in [0, 0.1) is 11.5 Å². The molecule has 1 aromatic rings. The van der Waals surface area contributed by atoms with Crippen molar-refractivity contribution < 1.29 is 4.42 Å². The van der Waals surface area contributed by atoms with Gasteiger partial charge in [-0.1, -0.05) is 0 Å². The van der Waals surface area contributed by atoms with Crippen LogP contribution in [0.1, 0.15) is 12.7 Å². The second kappa shape index (κ2) is 5.60. The smallest absolute Gasteiger partial charge is 0.207 e. The molecule has 0 amide bonds. The van der Waals surface area contributed by atoms with Gasteiger partial charge in [-0.3, -0.25) is 0 Å². The van der Waals surface area contributed by atoms with Crippen molar-refractivity contribution in [3.63, 3.8) is 0 Å². The molecular weight excluding hydrogens is 178 g/mol. The van der Waals surface area contributed by atoms with Gasteiger partial charge in [0.2, 0.25) is 6.19 Å². The Morgan fingerprint density at radius 3 is 3.21 bits per heavy atom. The van der Waals surface area contributed by atoms with Gasteiger partial charge >= 0.3 is 0 Å². The van der Waals surface area contributed by atoms with Crippen LogP contribution in [0.3, 0.4) is 0 Å². The molecule has 0 aliphatic carbocycles. The average Bonchev–Trinajstić information content (AvgIpc) is 2.67. The average molecular weight is 189 g/mol. The summed E-state index contributed by atoms with van der Waals surface area (Å²) in [6, 6.07) is 3.63. The number of hydrogen-bond donors (Lipinski definition) is 1. The summed E-state index contributed by atoms with van der Waals surface area (Å²) in [5.74, 6) is 1.26. The van der Waals surface area contributed by atoms with Crippen molar-refractivity contribution in [2.75, 3.05) is 6.54 Å². The Bertz CT molecular complexity index is 357. The van der Waals surface area contributed by atoms with Gasteiger partial charge in [-0.05, 0) is 31.2 Å². The van der Waals surface area contributed by atoms with E-state index >= 15 is 0 Å². The van der Waals surface area contributed by atoms with Crippen LogP contribution in [0.25, 0.3) is 6.08 Å². The number of nitriles is 1. The number of likely N-dealkylation sites (N-methyl/N-ethyl adjacent to an activating group) is 1. The quantitative estimate of drug-likeness (QED) is 0.448. The summed E-state index contributed by atoms with van der Waals surface area (Å²) in [5, 5.41) is 11.3. The Labute approximate surface area is 82.6 Å². The van der Waals surface area contributed by atoms with Crippen molar-refractivity contribution in [3.05, 3.63) is 30.2 Å². The lowest BCUT2D eigenvalue weighted by Gasteiger charge is -1.98. The summed E-state index contributed by atoms with van der Waals surface area (Å²) in [4.78, 5) is 3.60. The predicted molar refractivity (Wildman–Crippen MR) is 54.5 cm³/mol. The fourth-order valence-electron chi connectivity index (χ4n) is 0.918. The standard InChI is InChI=1S/C10H11N3O/c1-2-12-10(13-8-11)6-5-9-4-3-7-14-9/h3-7H,2H2,1H3,(H,12,13)/b6-5+. The highest BCUT2D eigenvalue weighted by Gasteiger charge is 1.92. The van der Waals surface area contributed by atoms with E-state index < -0.39 is 0 Å². The molecule has 1 heterocycles. The summed E-state index contributed by atoms with van der Waals surface area (Å²) in [6.07, 6.45) is 6.77. The summed E-state index contributed by atoms with van der Waals surface area (Å²) in [5.41, 5.74) is 0. The number of hydrogen-bond acceptors (Lipinski definition) is 3. The Morgan fingerprint density at radius 2 is 2.64 bits per heavy atom. The van der Waals surface area contributed by atoms with Crippen LogP contribution in [0.2, 0.25) is 0 Å². The van der Waals surface area contributed by atoms with Crippen molar-refractivity contribution >= 4 is 11.9 Å². The van der Waals surface area contributed by atoms with Crippen molar-refractivity contribution in [3.8, 4) is 6.19 Å². The topological polar surface area (TPSA) is 61.3 Å². The Morgan fingerprint density at radius 1 is 1.79 bits per heavy atom. The fraction of sp³-hybridized carbons (Fsp3) is 0.200. The maximum absolute atomic E-state index is 8.39. The van der Waals surface area contributed by atoms with E-state index in [1.165, 1.54) is 0 Å². The van der Waals surface area contributed by atoms with Gasteiger partial charge < -0.3 is 9.73 Å². The molecule has 0 unspecified atom stereocenters. The maximum atomic E-state index is 8.39. The van der Waals surface area contributed by atoms with E-state index in [-0.39, 0.29) is 0 Å². The van der Waals surface area contributed by atoms with E-state index in [0.717, 1.165) is 12.3 Å².